The fourth-order valence-corrected chi connectivity index (χ4v) is 3.85. The van der Waals surface area contributed by atoms with Crippen LogP contribution in [0.2, 0.25) is 5.02 Å². The molecule has 3 amide bonds. The Labute approximate surface area is 216 Å². The van der Waals surface area contributed by atoms with Crippen LogP contribution < -0.4 is 15.7 Å². The zero-order valence-electron chi connectivity index (χ0n) is 18.6. The Morgan fingerprint density at radius 3 is 1.97 bits per heavy atom. The van der Waals surface area contributed by atoms with Gasteiger partial charge in [0.25, 0.3) is 17.7 Å². The molecule has 3 aromatic rings. The highest BCUT2D eigenvalue weighted by atomic mass is 35.5. The molecule has 182 valence electrons. The largest absolute Gasteiger partial charge is 0.545 e. The Morgan fingerprint density at radius 1 is 0.778 bits per heavy atom. The standard InChI is InChI=1S/C26H19Cl2N3O5/c27-19-9-3-16(4-10-19)14-31-24(33)21(28)22(25(31)34)29-13-15-1-5-17(6-2-15)23(32)30-20-11-7-18(8-12-20)26(35)36/h1-12,29H,13-14H2,(H,30,32)(H,35,36)/p-1. The topological polar surface area (TPSA) is 119 Å². The third-order valence-corrected chi connectivity index (χ3v) is 6.03. The maximum absolute atomic E-state index is 12.8. The smallest absolute Gasteiger partial charge is 0.278 e. The molecular formula is C26H18Cl2N3O5-. The maximum atomic E-state index is 12.8. The lowest BCUT2D eigenvalue weighted by Gasteiger charge is -2.15. The molecule has 0 bridgehead atoms. The van der Waals surface area contributed by atoms with Gasteiger partial charge < -0.3 is 20.5 Å². The Balaban J connectivity index is 1.35. The van der Waals surface area contributed by atoms with Gasteiger partial charge in [0.15, 0.2) is 0 Å². The first kappa shape index (κ1) is 25.0. The van der Waals surface area contributed by atoms with Crippen molar-refractivity contribution in [2.45, 2.75) is 13.1 Å². The third-order valence-electron chi connectivity index (χ3n) is 5.43. The van der Waals surface area contributed by atoms with Crippen molar-refractivity contribution in [2.75, 3.05) is 5.32 Å². The van der Waals surface area contributed by atoms with Crippen molar-refractivity contribution in [2.24, 2.45) is 0 Å². The van der Waals surface area contributed by atoms with Crippen molar-refractivity contribution in [1.29, 1.82) is 0 Å². The van der Waals surface area contributed by atoms with Crippen molar-refractivity contribution < 1.29 is 24.3 Å². The van der Waals surface area contributed by atoms with Gasteiger partial charge in [-0.05, 0) is 53.1 Å². The summed E-state index contributed by atoms with van der Waals surface area (Å²) in [7, 11) is 0. The fourth-order valence-electron chi connectivity index (χ4n) is 3.47. The molecule has 1 heterocycles. The van der Waals surface area contributed by atoms with Crippen LogP contribution in [0.4, 0.5) is 5.69 Å². The van der Waals surface area contributed by atoms with Crippen LogP contribution in [-0.2, 0) is 22.7 Å². The first-order valence-corrected chi connectivity index (χ1v) is 11.4. The number of halogens is 2. The van der Waals surface area contributed by atoms with Crippen LogP contribution in [0.25, 0.3) is 0 Å². The number of carboxylic acids is 1. The average molecular weight is 523 g/mol. The Kier molecular flexibility index (Phi) is 7.38. The number of carbonyl (C=O) groups is 4. The minimum absolute atomic E-state index is 0.00983. The van der Waals surface area contributed by atoms with Crippen LogP contribution in [0.5, 0.6) is 0 Å². The molecule has 0 spiro atoms. The van der Waals surface area contributed by atoms with E-state index in [2.05, 4.69) is 10.6 Å². The quantitative estimate of drug-likeness (QED) is 0.439. The lowest BCUT2D eigenvalue weighted by atomic mass is 10.1. The van der Waals surface area contributed by atoms with Gasteiger partial charge in [0.1, 0.15) is 10.7 Å². The highest BCUT2D eigenvalue weighted by Crippen LogP contribution is 2.25. The zero-order valence-corrected chi connectivity index (χ0v) is 20.1. The second-order valence-corrected chi connectivity index (χ2v) is 8.70. The van der Waals surface area contributed by atoms with E-state index in [1.165, 1.54) is 24.3 Å². The first-order valence-electron chi connectivity index (χ1n) is 10.7. The van der Waals surface area contributed by atoms with E-state index in [1.807, 2.05) is 0 Å². The average Bonchev–Trinajstić information content (AvgIpc) is 3.07. The zero-order chi connectivity index (χ0) is 25.8. The van der Waals surface area contributed by atoms with Crippen LogP contribution in [0.15, 0.2) is 83.5 Å². The predicted molar refractivity (Wildman–Crippen MR) is 132 cm³/mol. The number of rotatable bonds is 8. The molecule has 0 unspecified atom stereocenters. The molecule has 1 aliphatic rings. The number of imide groups is 1. The number of aromatic carboxylic acids is 1. The number of anilines is 1. The minimum Gasteiger partial charge on any atom is -0.545 e. The molecule has 8 nitrogen and oxygen atoms in total. The molecule has 36 heavy (non-hydrogen) atoms. The van der Waals surface area contributed by atoms with Crippen LogP contribution in [0.1, 0.15) is 31.8 Å². The van der Waals surface area contributed by atoms with Crippen molar-refractivity contribution in [3.8, 4) is 0 Å². The monoisotopic (exact) mass is 522 g/mol. The van der Waals surface area contributed by atoms with Gasteiger partial charge in [0.2, 0.25) is 0 Å². The summed E-state index contributed by atoms with van der Waals surface area (Å²) in [6.07, 6.45) is 0. The predicted octanol–water partition coefficient (Wildman–Crippen LogP) is 3.06. The van der Waals surface area contributed by atoms with Crippen molar-refractivity contribution >= 4 is 52.6 Å². The molecular weight excluding hydrogens is 505 g/mol. The van der Waals surface area contributed by atoms with Gasteiger partial charge in [-0.15, -0.1) is 0 Å². The lowest BCUT2D eigenvalue weighted by Crippen LogP contribution is -2.33. The number of amides is 3. The van der Waals surface area contributed by atoms with Gasteiger partial charge in [-0.2, -0.15) is 0 Å². The van der Waals surface area contributed by atoms with Gasteiger partial charge >= 0.3 is 0 Å². The van der Waals surface area contributed by atoms with E-state index in [9.17, 15) is 24.3 Å². The maximum Gasteiger partial charge on any atom is 0.278 e. The number of hydrogen-bond donors (Lipinski definition) is 2. The summed E-state index contributed by atoms with van der Waals surface area (Å²) in [6.45, 7) is 0.266. The van der Waals surface area contributed by atoms with Crippen LogP contribution in [0, 0.1) is 0 Å². The van der Waals surface area contributed by atoms with E-state index in [4.69, 9.17) is 23.2 Å². The summed E-state index contributed by atoms with van der Waals surface area (Å²) >= 11 is 12.0. The fraction of sp³-hybridized carbons (Fsp3) is 0.0769. The Bertz CT molecular complexity index is 1370. The van der Waals surface area contributed by atoms with Gasteiger partial charge in [0.05, 0.1) is 12.5 Å². The summed E-state index contributed by atoms with van der Waals surface area (Å²) in [5.41, 5.74) is 2.31. The van der Waals surface area contributed by atoms with Crippen molar-refractivity contribution in [3.63, 3.8) is 0 Å². The van der Waals surface area contributed by atoms with Gasteiger partial charge in [-0.1, -0.05) is 59.6 Å². The summed E-state index contributed by atoms with van der Waals surface area (Å²) < 4.78 is 0. The number of carboxylic acid groups (broad SMARTS) is 1. The molecule has 0 radical (unpaired) electrons. The molecule has 3 aromatic carbocycles. The van der Waals surface area contributed by atoms with Crippen LogP contribution in [-0.4, -0.2) is 28.6 Å². The molecule has 0 fully saturated rings. The number of benzene rings is 3. The van der Waals surface area contributed by atoms with Crippen LogP contribution in [0.3, 0.4) is 0 Å². The van der Waals surface area contributed by atoms with E-state index in [-0.39, 0.29) is 35.3 Å². The SMILES string of the molecule is O=C([O-])c1ccc(NC(=O)c2ccc(CNC3=C(Cl)C(=O)N(Cc4ccc(Cl)cc4)C3=O)cc2)cc1. The summed E-state index contributed by atoms with van der Waals surface area (Å²) in [5.74, 6) is -2.79. The summed E-state index contributed by atoms with van der Waals surface area (Å²) in [4.78, 5) is 49.6. The molecule has 1 aliphatic heterocycles. The van der Waals surface area contributed by atoms with Crippen LogP contribution >= 0.6 is 23.2 Å². The Morgan fingerprint density at radius 2 is 1.36 bits per heavy atom. The molecule has 0 aromatic heterocycles. The highest BCUT2D eigenvalue weighted by molar-refractivity contribution is 6.47. The van der Waals surface area contributed by atoms with Gasteiger partial charge in [0, 0.05) is 22.8 Å². The third kappa shape index (κ3) is 5.56. The molecule has 0 atom stereocenters. The van der Waals surface area contributed by atoms with Gasteiger partial charge in [-0.3, -0.25) is 19.3 Å². The lowest BCUT2D eigenvalue weighted by molar-refractivity contribution is -0.255. The summed E-state index contributed by atoms with van der Waals surface area (Å²) in [5, 5.41) is 16.8. The molecule has 10 heteroatoms. The van der Waals surface area contributed by atoms with E-state index in [0.29, 0.717) is 16.3 Å². The normalized spacial score (nSPS) is 13.2. The molecule has 0 saturated carbocycles. The van der Waals surface area contributed by atoms with Gasteiger partial charge in [-0.25, -0.2) is 0 Å². The van der Waals surface area contributed by atoms with Crippen molar-refractivity contribution in [1.82, 2.24) is 10.2 Å². The first-order chi connectivity index (χ1) is 17.2. The minimum atomic E-state index is -1.30. The van der Waals surface area contributed by atoms with Crippen molar-refractivity contribution in [3.05, 3.63) is 111 Å². The molecule has 0 saturated heterocycles. The number of nitrogens with zero attached hydrogens (tertiary/aromatic N) is 1. The number of carbonyl (C=O) groups excluding carboxylic acids is 4. The molecule has 2 N–H and O–H groups in total. The second kappa shape index (κ2) is 10.6. The van der Waals surface area contributed by atoms with E-state index < -0.39 is 17.8 Å². The second-order valence-electron chi connectivity index (χ2n) is 7.88. The van der Waals surface area contributed by atoms with E-state index in [1.54, 1.807) is 48.5 Å². The Hall–Kier alpha value is -4.14. The highest BCUT2D eigenvalue weighted by Gasteiger charge is 2.37. The van der Waals surface area contributed by atoms with E-state index >= 15 is 0 Å². The summed E-state index contributed by atoms with van der Waals surface area (Å²) in [6, 6.07) is 19.0. The van der Waals surface area contributed by atoms with E-state index in [0.717, 1.165) is 16.0 Å². The number of nitrogens with one attached hydrogen (secondary N) is 2. The molecule has 4 rings (SSSR count). The molecule has 0 aliphatic carbocycles. The number of hydrogen-bond acceptors (Lipinski definition) is 6.